The fourth-order valence-corrected chi connectivity index (χ4v) is 1.39. The van der Waals surface area contributed by atoms with Crippen LogP contribution in [0.4, 0.5) is 17.6 Å². The van der Waals surface area contributed by atoms with Gasteiger partial charge < -0.3 is 14.2 Å². The average Bonchev–Trinajstić information content (AvgIpc) is 2.36. The van der Waals surface area contributed by atoms with Crippen molar-refractivity contribution in [1.29, 1.82) is 0 Å². The molecule has 0 spiro atoms. The molecular formula is C11H11F4NO4. The number of esters is 1. The van der Waals surface area contributed by atoms with Gasteiger partial charge in [-0.3, -0.25) is 4.98 Å². The molecule has 9 heteroatoms. The topological polar surface area (TPSA) is 57.7 Å². The third kappa shape index (κ3) is 3.72. The Bertz CT molecular complexity index is 490. The zero-order valence-corrected chi connectivity index (χ0v) is 10.6. The first-order valence-corrected chi connectivity index (χ1v) is 5.38. The molecule has 1 aromatic rings. The van der Waals surface area contributed by atoms with E-state index < -0.39 is 36.2 Å². The molecule has 112 valence electrons. The molecule has 0 saturated heterocycles. The molecule has 0 atom stereocenters. The Morgan fingerprint density at radius 1 is 1.35 bits per heavy atom. The number of hydrogen-bond donors (Lipinski definition) is 0. The first-order valence-electron chi connectivity index (χ1n) is 5.38. The second kappa shape index (κ2) is 6.40. The highest BCUT2D eigenvalue weighted by atomic mass is 19.4. The number of alkyl halides is 4. The van der Waals surface area contributed by atoms with Crippen LogP contribution in [0.5, 0.6) is 11.5 Å². The lowest BCUT2D eigenvalue weighted by Crippen LogP contribution is -2.20. The van der Waals surface area contributed by atoms with E-state index >= 15 is 0 Å². The summed E-state index contributed by atoms with van der Waals surface area (Å²) in [6, 6.07) is 0. The zero-order chi connectivity index (χ0) is 15.3. The lowest BCUT2D eigenvalue weighted by molar-refractivity contribution is -0.275. The van der Waals surface area contributed by atoms with Crippen molar-refractivity contribution < 1.29 is 36.6 Å². The number of halogens is 4. The van der Waals surface area contributed by atoms with Gasteiger partial charge in [0.15, 0.2) is 11.5 Å². The summed E-state index contributed by atoms with van der Waals surface area (Å²) in [5.74, 6) is -2.52. The quantitative estimate of drug-likeness (QED) is 0.617. The normalized spacial score (nSPS) is 11.1. The van der Waals surface area contributed by atoms with Crippen molar-refractivity contribution in [2.24, 2.45) is 0 Å². The van der Waals surface area contributed by atoms with Crippen LogP contribution in [0.2, 0.25) is 0 Å². The van der Waals surface area contributed by atoms with Crippen LogP contribution in [0.15, 0.2) is 6.20 Å². The van der Waals surface area contributed by atoms with Crippen molar-refractivity contribution >= 4 is 5.97 Å². The van der Waals surface area contributed by atoms with E-state index in [1.165, 1.54) is 6.92 Å². The van der Waals surface area contributed by atoms with Crippen LogP contribution in [0, 0.1) is 0 Å². The molecule has 0 aromatic carbocycles. The molecule has 0 fully saturated rings. The van der Waals surface area contributed by atoms with Crippen LogP contribution in [0.1, 0.15) is 23.0 Å². The molecule has 0 saturated carbocycles. The minimum atomic E-state index is -5.08. The Morgan fingerprint density at radius 2 is 2.00 bits per heavy atom. The Labute approximate surface area is 111 Å². The van der Waals surface area contributed by atoms with Gasteiger partial charge in [-0.05, 0) is 6.92 Å². The Kier molecular flexibility index (Phi) is 5.12. The molecule has 0 aliphatic carbocycles. The summed E-state index contributed by atoms with van der Waals surface area (Å²) in [5.41, 5.74) is -1.02. The van der Waals surface area contributed by atoms with Crippen molar-refractivity contribution in [3.8, 4) is 11.5 Å². The van der Waals surface area contributed by atoms with Crippen molar-refractivity contribution in [3.63, 3.8) is 0 Å². The van der Waals surface area contributed by atoms with E-state index in [2.05, 4.69) is 14.5 Å². The minimum absolute atomic E-state index is 0.00229. The maximum atomic E-state index is 12.7. The predicted molar refractivity (Wildman–Crippen MR) is 58.2 cm³/mol. The number of nitrogens with zero attached hydrogens (tertiary/aromatic N) is 1. The summed E-state index contributed by atoms with van der Waals surface area (Å²) in [5, 5.41) is 0. The smallest absolute Gasteiger partial charge is 0.492 e. The van der Waals surface area contributed by atoms with Gasteiger partial charge in [0.2, 0.25) is 0 Å². The summed E-state index contributed by atoms with van der Waals surface area (Å²) < 4.78 is 62.6. The molecule has 5 nitrogen and oxygen atoms in total. The fourth-order valence-electron chi connectivity index (χ4n) is 1.39. The fraction of sp³-hybridized carbons (Fsp3) is 0.455. The first kappa shape index (κ1) is 16.0. The molecule has 1 aromatic heterocycles. The van der Waals surface area contributed by atoms with Crippen LogP contribution in [0.3, 0.4) is 0 Å². The van der Waals surface area contributed by atoms with Crippen molar-refractivity contribution in [3.05, 3.63) is 17.5 Å². The summed E-state index contributed by atoms with van der Waals surface area (Å²) in [6.45, 7) is 0.202. The number of aromatic nitrogens is 1. The zero-order valence-electron chi connectivity index (χ0n) is 10.6. The Balaban J connectivity index is 3.36. The first-order chi connectivity index (χ1) is 9.34. The van der Waals surface area contributed by atoms with Gasteiger partial charge in [-0.15, -0.1) is 13.2 Å². The highest BCUT2D eigenvalue weighted by Crippen LogP contribution is 2.37. The third-order valence-corrected chi connectivity index (χ3v) is 2.11. The summed E-state index contributed by atoms with van der Waals surface area (Å²) in [6.07, 6.45) is -4.21. The van der Waals surface area contributed by atoms with Gasteiger partial charge >= 0.3 is 12.3 Å². The molecule has 0 radical (unpaired) electrons. The lowest BCUT2D eigenvalue weighted by atomic mass is 10.2. The minimum Gasteiger partial charge on any atom is -0.492 e. The van der Waals surface area contributed by atoms with E-state index in [4.69, 9.17) is 4.74 Å². The molecule has 0 unspecified atom stereocenters. The van der Waals surface area contributed by atoms with Crippen LogP contribution < -0.4 is 9.47 Å². The van der Waals surface area contributed by atoms with Crippen LogP contribution >= 0.6 is 0 Å². The highest BCUT2D eigenvalue weighted by molar-refractivity contribution is 5.93. The second-order valence-electron chi connectivity index (χ2n) is 3.38. The van der Waals surface area contributed by atoms with Gasteiger partial charge in [0.05, 0.1) is 13.7 Å². The number of carbonyl (C=O) groups excluding carboxylic acids is 1. The molecule has 1 heterocycles. The lowest BCUT2D eigenvalue weighted by Gasteiger charge is -2.16. The molecular weight excluding hydrogens is 286 g/mol. The van der Waals surface area contributed by atoms with Crippen LogP contribution in [-0.2, 0) is 11.4 Å². The number of methoxy groups -OCH3 is 1. The van der Waals surface area contributed by atoms with E-state index in [1.807, 2.05) is 0 Å². The van der Waals surface area contributed by atoms with Gasteiger partial charge in [-0.2, -0.15) is 0 Å². The molecule has 20 heavy (non-hydrogen) atoms. The monoisotopic (exact) mass is 297 g/mol. The van der Waals surface area contributed by atoms with Crippen molar-refractivity contribution in [2.75, 3.05) is 13.7 Å². The van der Waals surface area contributed by atoms with Gasteiger partial charge in [-0.25, -0.2) is 9.18 Å². The van der Waals surface area contributed by atoms with E-state index in [1.54, 1.807) is 0 Å². The Hall–Kier alpha value is -2.06. The highest BCUT2D eigenvalue weighted by Gasteiger charge is 2.35. The number of hydrogen-bond acceptors (Lipinski definition) is 5. The molecule has 0 N–H and O–H groups in total. The number of ether oxygens (including phenoxy) is 3. The van der Waals surface area contributed by atoms with Gasteiger partial charge in [0.25, 0.3) is 0 Å². The molecule has 0 aliphatic rings. The van der Waals surface area contributed by atoms with Gasteiger partial charge in [0.1, 0.15) is 17.9 Å². The number of pyridine rings is 1. The van der Waals surface area contributed by atoms with Crippen molar-refractivity contribution in [2.45, 2.75) is 20.0 Å². The number of carbonyl (C=O) groups is 1. The summed E-state index contributed by atoms with van der Waals surface area (Å²) in [7, 11) is 1.02. The van der Waals surface area contributed by atoms with E-state index in [-0.39, 0.29) is 12.2 Å². The predicted octanol–water partition coefficient (Wildman–Crippen LogP) is 2.64. The van der Waals surface area contributed by atoms with Crippen LogP contribution in [-0.4, -0.2) is 31.0 Å². The van der Waals surface area contributed by atoms with Gasteiger partial charge in [0, 0.05) is 6.20 Å². The van der Waals surface area contributed by atoms with Crippen molar-refractivity contribution in [1.82, 2.24) is 4.98 Å². The van der Waals surface area contributed by atoms with Crippen LogP contribution in [0.25, 0.3) is 0 Å². The summed E-state index contributed by atoms with van der Waals surface area (Å²) in [4.78, 5) is 15.0. The maximum Gasteiger partial charge on any atom is 0.573 e. The van der Waals surface area contributed by atoms with E-state index in [0.29, 0.717) is 0 Å². The van der Waals surface area contributed by atoms with E-state index in [0.717, 1.165) is 13.3 Å². The van der Waals surface area contributed by atoms with E-state index in [9.17, 15) is 22.4 Å². The number of rotatable bonds is 5. The maximum absolute atomic E-state index is 12.7. The molecule has 0 aliphatic heterocycles. The average molecular weight is 297 g/mol. The van der Waals surface area contributed by atoms with Gasteiger partial charge in [-0.1, -0.05) is 0 Å². The standard InChI is InChI=1S/C11H11F4NO4/c1-3-19-10(17)6-5-16-7(4-12)9(8(6)18-2)20-11(13,14)15/h5H,3-4H2,1-2H3. The molecule has 1 rings (SSSR count). The SMILES string of the molecule is CCOC(=O)c1cnc(CF)c(OC(F)(F)F)c1OC. The second-order valence-corrected chi connectivity index (χ2v) is 3.38. The summed E-state index contributed by atoms with van der Waals surface area (Å²) >= 11 is 0. The Morgan fingerprint density at radius 3 is 2.45 bits per heavy atom. The molecule has 0 amide bonds. The molecule has 0 bridgehead atoms. The largest absolute Gasteiger partial charge is 0.573 e. The third-order valence-electron chi connectivity index (χ3n) is 2.11.